The first kappa shape index (κ1) is 15.0. The maximum atomic E-state index is 13.1. The molecular formula is C16H10ClN3O3S. The molecule has 0 bridgehead atoms. The van der Waals surface area contributed by atoms with E-state index in [2.05, 4.69) is 9.79 Å². The van der Waals surface area contributed by atoms with Crippen LogP contribution < -0.4 is 14.7 Å². The molecule has 0 spiro atoms. The van der Waals surface area contributed by atoms with Gasteiger partial charge < -0.3 is 9.63 Å². The Kier molecular flexibility index (Phi) is 3.47. The molecule has 0 saturated heterocycles. The van der Waals surface area contributed by atoms with Crippen molar-refractivity contribution in [1.29, 1.82) is 0 Å². The highest BCUT2D eigenvalue weighted by molar-refractivity contribution is 7.99. The molecule has 0 atom stereocenters. The number of carbonyl (C=O) groups excluding carboxylic acids is 1. The average molecular weight is 360 g/mol. The predicted octanol–water partition coefficient (Wildman–Crippen LogP) is 2.67. The van der Waals surface area contributed by atoms with Gasteiger partial charge in [0.1, 0.15) is 0 Å². The van der Waals surface area contributed by atoms with Crippen molar-refractivity contribution in [2.75, 3.05) is 4.90 Å². The number of rotatable bonds is 1. The molecule has 8 heteroatoms. The molecule has 3 aromatic rings. The number of amides is 1. The molecular weight excluding hydrogens is 350 g/mol. The van der Waals surface area contributed by atoms with Gasteiger partial charge in [0.2, 0.25) is 0 Å². The molecule has 0 N–H and O–H groups in total. The fourth-order valence-electron chi connectivity index (χ4n) is 2.59. The van der Waals surface area contributed by atoms with Crippen LogP contribution in [0.15, 0.2) is 56.8 Å². The Morgan fingerprint density at radius 3 is 2.75 bits per heavy atom. The molecule has 0 saturated carbocycles. The van der Waals surface area contributed by atoms with Gasteiger partial charge in [0.05, 0.1) is 16.6 Å². The van der Waals surface area contributed by atoms with E-state index in [9.17, 15) is 9.90 Å². The first-order valence-corrected chi connectivity index (χ1v) is 8.19. The van der Waals surface area contributed by atoms with Crippen molar-refractivity contribution < 1.29 is 19.1 Å². The first-order valence-electron chi connectivity index (χ1n) is 7.00. The summed E-state index contributed by atoms with van der Waals surface area (Å²) in [4.78, 5) is 16.3. The Bertz CT molecular complexity index is 953. The van der Waals surface area contributed by atoms with Gasteiger partial charge in [-0.1, -0.05) is 40.2 Å². The SMILES string of the molecule is C[n+]1noc([O-])c1C(=O)N1c2ccccc2Sc2ccc(Cl)cc21. The zero-order valence-corrected chi connectivity index (χ0v) is 14.0. The van der Waals surface area contributed by atoms with Crippen LogP contribution in [0.4, 0.5) is 11.4 Å². The third-order valence-corrected chi connectivity index (χ3v) is 5.02. The number of nitrogens with zero attached hydrogens (tertiary/aromatic N) is 3. The van der Waals surface area contributed by atoms with Crippen LogP contribution in [0.1, 0.15) is 10.5 Å². The molecule has 0 unspecified atom stereocenters. The molecule has 0 aliphatic carbocycles. The molecule has 1 amide bonds. The van der Waals surface area contributed by atoms with Gasteiger partial charge >= 0.3 is 11.6 Å². The number of anilines is 2. The Morgan fingerprint density at radius 1 is 1.25 bits per heavy atom. The molecule has 4 rings (SSSR count). The summed E-state index contributed by atoms with van der Waals surface area (Å²) in [5.41, 5.74) is 1.15. The molecule has 0 radical (unpaired) electrons. The van der Waals surface area contributed by atoms with E-state index in [4.69, 9.17) is 11.6 Å². The van der Waals surface area contributed by atoms with Gasteiger partial charge in [0, 0.05) is 14.8 Å². The van der Waals surface area contributed by atoms with E-state index < -0.39 is 11.9 Å². The number of carbonyl (C=O) groups is 1. The molecule has 1 aliphatic heterocycles. The average Bonchev–Trinajstić information content (AvgIpc) is 2.91. The zero-order valence-electron chi connectivity index (χ0n) is 12.4. The van der Waals surface area contributed by atoms with Crippen LogP contribution in [-0.2, 0) is 7.05 Å². The van der Waals surface area contributed by atoms with Gasteiger partial charge in [-0.2, -0.15) is 0 Å². The smallest absolute Gasteiger partial charge is 0.332 e. The predicted molar refractivity (Wildman–Crippen MR) is 85.6 cm³/mol. The van der Waals surface area contributed by atoms with Gasteiger partial charge in [0.25, 0.3) is 0 Å². The summed E-state index contributed by atoms with van der Waals surface area (Å²) in [5.74, 6) is -1.29. The summed E-state index contributed by atoms with van der Waals surface area (Å²) in [6, 6.07) is 12.8. The van der Waals surface area contributed by atoms with Crippen LogP contribution in [0, 0.1) is 0 Å². The Hall–Kier alpha value is -2.51. The van der Waals surface area contributed by atoms with Gasteiger partial charge in [-0.3, -0.25) is 9.69 Å². The largest absolute Gasteiger partial charge is 0.538 e. The highest BCUT2D eigenvalue weighted by Crippen LogP contribution is 2.49. The zero-order chi connectivity index (χ0) is 16.8. The van der Waals surface area contributed by atoms with Crippen LogP contribution in [-0.4, -0.2) is 11.2 Å². The third kappa shape index (κ3) is 2.24. The number of aryl methyl sites for hydroxylation is 1. The fraction of sp³-hybridized carbons (Fsp3) is 0.0625. The van der Waals surface area contributed by atoms with Gasteiger partial charge in [-0.25, -0.2) is 0 Å². The molecule has 24 heavy (non-hydrogen) atoms. The van der Waals surface area contributed by atoms with Gasteiger partial charge in [-0.05, 0) is 30.3 Å². The Balaban J connectivity index is 1.94. The van der Waals surface area contributed by atoms with Gasteiger partial charge in [0.15, 0.2) is 13.0 Å². The number of hydrogen-bond acceptors (Lipinski definition) is 5. The minimum Gasteiger partial charge on any atom is -0.538 e. The van der Waals surface area contributed by atoms with Crippen LogP contribution >= 0.6 is 23.4 Å². The lowest BCUT2D eigenvalue weighted by Gasteiger charge is -2.30. The summed E-state index contributed by atoms with van der Waals surface area (Å²) in [7, 11) is 1.49. The van der Waals surface area contributed by atoms with Crippen LogP contribution in [0.2, 0.25) is 5.02 Å². The summed E-state index contributed by atoms with van der Waals surface area (Å²) in [6.07, 6.45) is 0. The van der Waals surface area contributed by atoms with E-state index in [0.717, 1.165) is 14.5 Å². The lowest BCUT2D eigenvalue weighted by Crippen LogP contribution is -2.42. The number of para-hydroxylation sites is 1. The topological polar surface area (TPSA) is 73.3 Å². The molecule has 6 nitrogen and oxygen atoms in total. The summed E-state index contributed by atoms with van der Waals surface area (Å²) in [5, 5.41) is 15.9. The van der Waals surface area contributed by atoms with Crippen LogP contribution in [0.5, 0.6) is 5.95 Å². The number of halogens is 1. The fourth-order valence-corrected chi connectivity index (χ4v) is 3.80. The second-order valence-corrected chi connectivity index (χ2v) is 6.68. The van der Waals surface area contributed by atoms with Crippen molar-refractivity contribution in [3.8, 4) is 5.95 Å². The van der Waals surface area contributed by atoms with Crippen molar-refractivity contribution in [3.05, 3.63) is 53.2 Å². The van der Waals surface area contributed by atoms with E-state index >= 15 is 0 Å². The van der Waals surface area contributed by atoms with Crippen molar-refractivity contribution >= 4 is 40.6 Å². The molecule has 2 aromatic carbocycles. The number of hydrogen-bond donors (Lipinski definition) is 0. The van der Waals surface area contributed by atoms with Crippen molar-refractivity contribution in [1.82, 2.24) is 5.27 Å². The third-order valence-electron chi connectivity index (χ3n) is 3.66. The maximum Gasteiger partial charge on any atom is 0.332 e. The lowest BCUT2D eigenvalue weighted by atomic mass is 10.2. The van der Waals surface area contributed by atoms with E-state index in [1.54, 1.807) is 23.9 Å². The maximum absolute atomic E-state index is 13.1. The Morgan fingerprint density at radius 2 is 2.00 bits per heavy atom. The summed E-state index contributed by atoms with van der Waals surface area (Å²) >= 11 is 7.66. The second kappa shape index (κ2) is 5.54. The second-order valence-electron chi connectivity index (χ2n) is 5.16. The standard InChI is InChI=1S/C16H10ClN3O3S/c1-19-14(16(22)23-18-19)15(21)20-10-4-2-3-5-12(10)24-13-7-6-9(17)8-11(13)20/h2-8H,1H3. The number of benzene rings is 2. The van der Waals surface area contributed by atoms with Crippen LogP contribution in [0.3, 0.4) is 0 Å². The molecule has 2 heterocycles. The molecule has 1 aromatic heterocycles. The van der Waals surface area contributed by atoms with E-state index in [1.165, 1.54) is 11.9 Å². The molecule has 1 aliphatic rings. The van der Waals surface area contributed by atoms with Crippen molar-refractivity contribution in [3.63, 3.8) is 0 Å². The summed E-state index contributed by atoms with van der Waals surface area (Å²) in [6.45, 7) is 0. The lowest BCUT2D eigenvalue weighted by molar-refractivity contribution is -0.741. The number of aromatic nitrogens is 2. The van der Waals surface area contributed by atoms with E-state index in [-0.39, 0.29) is 5.69 Å². The Labute approximate surface area is 146 Å². The monoisotopic (exact) mass is 359 g/mol. The van der Waals surface area contributed by atoms with Crippen molar-refractivity contribution in [2.24, 2.45) is 7.05 Å². The summed E-state index contributed by atoms with van der Waals surface area (Å²) < 4.78 is 5.72. The minimum absolute atomic E-state index is 0.150. The van der Waals surface area contributed by atoms with Crippen molar-refractivity contribution in [2.45, 2.75) is 9.79 Å². The van der Waals surface area contributed by atoms with E-state index in [0.29, 0.717) is 16.4 Å². The molecule has 120 valence electrons. The highest BCUT2D eigenvalue weighted by atomic mass is 35.5. The van der Waals surface area contributed by atoms with Gasteiger partial charge in [-0.15, -0.1) is 0 Å². The minimum atomic E-state index is -0.776. The quantitative estimate of drug-likeness (QED) is 0.624. The first-order chi connectivity index (χ1) is 11.6. The van der Waals surface area contributed by atoms with E-state index in [1.807, 2.05) is 30.3 Å². The highest BCUT2D eigenvalue weighted by Gasteiger charge is 2.35. The number of fused-ring (bicyclic) bond motifs is 2. The van der Waals surface area contributed by atoms with Crippen LogP contribution in [0.25, 0.3) is 0 Å². The molecule has 0 fully saturated rings. The normalized spacial score (nSPS) is 12.7.